The van der Waals surface area contributed by atoms with Crippen LogP contribution < -0.4 is 0 Å². The summed E-state index contributed by atoms with van der Waals surface area (Å²) in [6.07, 6.45) is 3.40. The van der Waals surface area contributed by atoms with Gasteiger partial charge in [-0.3, -0.25) is 9.69 Å². The molecule has 4 heteroatoms. The summed E-state index contributed by atoms with van der Waals surface area (Å²) in [4.78, 5) is 12.9. The first-order valence-electron chi connectivity index (χ1n) is 5.18. The number of likely N-dealkylation sites (tertiary alicyclic amines) is 1. The van der Waals surface area contributed by atoms with E-state index in [2.05, 4.69) is 18.7 Å². The molecule has 0 aromatic rings. The predicted molar refractivity (Wildman–Crippen MR) is 56.8 cm³/mol. The molecule has 0 saturated carbocycles. The summed E-state index contributed by atoms with van der Waals surface area (Å²) in [5, 5.41) is 7.96. The van der Waals surface area contributed by atoms with Crippen molar-refractivity contribution < 1.29 is 9.90 Å². The molecule has 1 aliphatic rings. The largest absolute Gasteiger partial charge is 0.480 e. The van der Waals surface area contributed by atoms with E-state index in [0.717, 1.165) is 12.8 Å². The highest BCUT2D eigenvalue weighted by atomic mass is 35.5. The molecule has 14 heavy (non-hydrogen) atoms. The van der Waals surface area contributed by atoms with Crippen molar-refractivity contribution >= 4 is 17.6 Å². The van der Waals surface area contributed by atoms with Gasteiger partial charge in [0.05, 0.1) is 0 Å². The average Bonchev–Trinajstić information content (AvgIpc) is 2.47. The topological polar surface area (TPSA) is 40.5 Å². The van der Waals surface area contributed by atoms with Crippen molar-refractivity contribution in [3.63, 3.8) is 0 Å². The van der Waals surface area contributed by atoms with Gasteiger partial charge in [-0.15, -0.1) is 11.6 Å². The second-order valence-electron chi connectivity index (χ2n) is 3.99. The van der Waals surface area contributed by atoms with E-state index >= 15 is 0 Å². The Kier molecular flexibility index (Phi) is 4.20. The van der Waals surface area contributed by atoms with Gasteiger partial charge in [-0.2, -0.15) is 0 Å². The first kappa shape index (κ1) is 11.8. The number of carbonyl (C=O) groups is 1. The molecule has 1 rings (SSSR count). The molecule has 1 aliphatic heterocycles. The van der Waals surface area contributed by atoms with Crippen molar-refractivity contribution in [3.8, 4) is 0 Å². The molecule has 1 fully saturated rings. The van der Waals surface area contributed by atoms with Crippen molar-refractivity contribution in [2.45, 2.75) is 50.6 Å². The minimum atomic E-state index is -0.916. The maximum atomic E-state index is 10.6. The summed E-state index contributed by atoms with van der Waals surface area (Å²) in [6.45, 7) is 4.75. The molecule has 3 atom stereocenters. The highest BCUT2D eigenvalue weighted by Gasteiger charge is 2.31. The van der Waals surface area contributed by atoms with Crippen molar-refractivity contribution in [1.29, 1.82) is 0 Å². The van der Waals surface area contributed by atoms with Gasteiger partial charge in [0.25, 0.3) is 0 Å². The predicted octanol–water partition coefficient (Wildman–Crippen LogP) is 1.94. The Morgan fingerprint density at radius 3 is 2.79 bits per heavy atom. The summed E-state index contributed by atoms with van der Waals surface area (Å²) in [5.41, 5.74) is 0. The molecule has 82 valence electrons. The van der Waals surface area contributed by atoms with Crippen LogP contribution in [0.1, 0.15) is 33.1 Å². The number of alkyl halides is 1. The standard InChI is InChI=1S/C10H18ClNO2/c1-3-8-5-4-7(2)12(8)6-9(11)10(13)14/h7-9H,3-6H2,1-2H3,(H,13,14). The third-order valence-electron chi connectivity index (χ3n) is 3.06. The van der Waals surface area contributed by atoms with Gasteiger partial charge in [0.15, 0.2) is 0 Å². The Morgan fingerprint density at radius 1 is 1.64 bits per heavy atom. The van der Waals surface area contributed by atoms with E-state index < -0.39 is 11.3 Å². The van der Waals surface area contributed by atoms with Crippen LogP contribution in [0.3, 0.4) is 0 Å². The number of hydrogen-bond donors (Lipinski definition) is 1. The van der Waals surface area contributed by atoms with Crippen molar-refractivity contribution in [2.75, 3.05) is 6.54 Å². The van der Waals surface area contributed by atoms with E-state index in [1.54, 1.807) is 0 Å². The van der Waals surface area contributed by atoms with E-state index in [4.69, 9.17) is 16.7 Å². The Hall–Kier alpha value is -0.280. The third-order valence-corrected chi connectivity index (χ3v) is 3.39. The molecule has 1 saturated heterocycles. The lowest BCUT2D eigenvalue weighted by molar-refractivity contribution is -0.137. The molecule has 0 spiro atoms. The number of carboxylic acids is 1. The van der Waals surface area contributed by atoms with E-state index in [1.165, 1.54) is 6.42 Å². The summed E-state index contributed by atoms with van der Waals surface area (Å²) < 4.78 is 0. The number of carboxylic acid groups (broad SMARTS) is 1. The van der Waals surface area contributed by atoms with Crippen molar-refractivity contribution in [2.24, 2.45) is 0 Å². The van der Waals surface area contributed by atoms with Crippen LogP contribution >= 0.6 is 11.6 Å². The van der Waals surface area contributed by atoms with Gasteiger partial charge in [-0.25, -0.2) is 0 Å². The quantitative estimate of drug-likeness (QED) is 0.735. The fourth-order valence-electron chi connectivity index (χ4n) is 2.16. The van der Waals surface area contributed by atoms with Crippen LogP contribution in [-0.4, -0.2) is 40.0 Å². The Balaban J connectivity index is 2.52. The first-order chi connectivity index (χ1) is 6.56. The first-order valence-corrected chi connectivity index (χ1v) is 5.62. The lowest BCUT2D eigenvalue weighted by Crippen LogP contribution is -2.40. The molecule has 3 nitrogen and oxygen atoms in total. The van der Waals surface area contributed by atoms with Gasteiger partial charge >= 0.3 is 5.97 Å². The maximum Gasteiger partial charge on any atom is 0.322 e. The Labute approximate surface area is 90.0 Å². The zero-order valence-corrected chi connectivity index (χ0v) is 9.50. The Bertz CT molecular complexity index is 210. The van der Waals surface area contributed by atoms with Gasteiger partial charge in [0, 0.05) is 18.6 Å². The van der Waals surface area contributed by atoms with Crippen LogP contribution in [0.5, 0.6) is 0 Å². The number of aliphatic carboxylic acids is 1. The van der Waals surface area contributed by atoms with E-state index in [1.807, 2.05) is 0 Å². The van der Waals surface area contributed by atoms with Gasteiger partial charge in [0.1, 0.15) is 5.38 Å². The molecule has 0 aromatic carbocycles. The SMILES string of the molecule is CCC1CCC(C)N1CC(Cl)C(=O)O. The molecular weight excluding hydrogens is 202 g/mol. The van der Waals surface area contributed by atoms with E-state index in [0.29, 0.717) is 18.6 Å². The van der Waals surface area contributed by atoms with Crippen molar-refractivity contribution in [1.82, 2.24) is 4.90 Å². The molecular formula is C10H18ClNO2. The number of rotatable bonds is 4. The van der Waals surface area contributed by atoms with E-state index in [-0.39, 0.29) is 0 Å². The lowest BCUT2D eigenvalue weighted by Gasteiger charge is -2.28. The summed E-state index contributed by atoms with van der Waals surface area (Å²) in [7, 11) is 0. The minimum Gasteiger partial charge on any atom is -0.480 e. The number of hydrogen-bond acceptors (Lipinski definition) is 2. The molecule has 0 amide bonds. The van der Waals surface area contributed by atoms with E-state index in [9.17, 15) is 4.79 Å². The van der Waals surface area contributed by atoms with Gasteiger partial charge in [-0.05, 0) is 26.2 Å². The zero-order chi connectivity index (χ0) is 10.7. The van der Waals surface area contributed by atoms with Crippen LogP contribution in [0.25, 0.3) is 0 Å². The molecule has 0 bridgehead atoms. The van der Waals surface area contributed by atoms with Crippen LogP contribution in [0.2, 0.25) is 0 Å². The zero-order valence-electron chi connectivity index (χ0n) is 8.74. The molecule has 1 N–H and O–H groups in total. The van der Waals surface area contributed by atoms with Crippen LogP contribution in [0, 0.1) is 0 Å². The third kappa shape index (κ3) is 2.61. The maximum absolute atomic E-state index is 10.6. The monoisotopic (exact) mass is 219 g/mol. The Morgan fingerprint density at radius 2 is 2.29 bits per heavy atom. The smallest absolute Gasteiger partial charge is 0.322 e. The highest BCUT2D eigenvalue weighted by Crippen LogP contribution is 2.26. The second kappa shape index (κ2) is 4.99. The number of nitrogens with zero attached hydrogens (tertiary/aromatic N) is 1. The summed E-state index contributed by atoms with van der Waals surface area (Å²) in [5.74, 6) is -0.916. The second-order valence-corrected chi connectivity index (χ2v) is 4.52. The van der Waals surface area contributed by atoms with Crippen LogP contribution in [-0.2, 0) is 4.79 Å². The average molecular weight is 220 g/mol. The summed E-state index contributed by atoms with van der Waals surface area (Å²) >= 11 is 5.74. The normalized spacial score (nSPS) is 30.5. The van der Waals surface area contributed by atoms with Gasteiger partial charge < -0.3 is 5.11 Å². The highest BCUT2D eigenvalue weighted by molar-refractivity contribution is 6.29. The molecule has 0 aromatic heterocycles. The molecule has 0 radical (unpaired) electrons. The van der Waals surface area contributed by atoms with Crippen molar-refractivity contribution in [3.05, 3.63) is 0 Å². The molecule has 3 unspecified atom stereocenters. The molecule has 1 heterocycles. The fraction of sp³-hybridized carbons (Fsp3) is 0.900. The van der Waals surface area contributed by atoms with Gasteiger partial charge in [0.2, 0.25) is 0 Å². The van der Waals surface area contributed by atoms with Crippen LogP contribution in [0.4, 0.5) is 0 Å². The van der Waals surface area contributed by atoms with Crippen LogP contribution in [0.15, 0.2) is 0 Å². The summed E-state index contributed by atoms with van der Waals surface area (Å²) in [6, 6.07) is 0.992. The minimum absolute atomic E-state index is 0.469. The van der Waals surface area contributed by atoms with Gasteiger partial charge in [-0.1, -0.05) is 6.92 Å². The molecule has 0 aliphatic carbocycles. The lowest BCUT2D eigenvalue weighted by atomic mass is 10.1. The fourth-order valence-corrected chi connectivity index (χ4v) is 2.32. The number of halogens is 1.